The molecule has 0 spiro atoms. The normalized spacial score (nSPS) is 15.9. The molecule has 0 aromatic heterocycles. The molecule has 0 amide bonds. The Balaban J connectivity index is 2.20. The fourth-order valence-electron chi connectivity index (χ4n) is 4.12. The molecule has 4 atom stereocenters. The number of hydrogen-bond acceptors (Lipinski definition) is 4. The minimum atomic E-state index is -3.63. The van der Waals surface area contributed by atoms with E-state index in [4.69, 9.17) is 0 Å². The molecule has 2 aromatic rings. The van der Waals surface area contributed by atoms with Crippen LogP contribution in [0, 0.1) is 25.7 Å². The molecule has 2 aromatic carbocycles. The average molecular weight is 695 g/mol. The number of sulfonamides is 2. The van der Waals surface area contributed by atoms with Gasteiger partial charge in [-0.2, -0.15) is 0 Å². The van der Waals surface area contributed by atoms with Gasteiger partial charge in [-0.3, -0.25) is 0 Å². The Morgan fingerprint density at radius 1 is 0.605 bits per heavy atom. The fraction of sp³-hybridized carbons (Fsp3) is 0.571. The molecule has 10 heteroatoms. The van der Waals surface area contributed by atoms with Crippen LogP contribution >= 0.6 is 0 Å². The molecule has 214 valence electrons. The number of aryl methyl sites for hydroxylation is 2. The van der Waals surface area contributed by atoms with Gasteiger partial charge in [-0.15, -0.1) is 0 Å². The van der Waals surface area contributed by atoms with Crippen LogP contribution in [0.5, 0.6) is 0 Å². The molecule has 0 aliphatic heterocycles. The van der Waals surface area contributed by atoms with Crippen molar-refractivity contribution in [1.29, 1.82) is 0 Å². The van der Waals surface area contributed by atoms with Gasteiger partial charge in [0.05, 0.1) is 0 Å². The number of hydrogen-bond donors (Lipinski definition) is 2. The fourth-order valence-corrected chi connectivity index (χ4v) is 19.3. The van der Waals surface area contributed by atoms with E-state index in [1.54, 1.807) is 24.3 Å². The number of nitrogens with one attached hydrogen (secondary N) is 2. The van der Waals surface area contributed by atoms with Crippen molar-refractivity contribution in [2.75, 3.05) is 0 Å². The molecule has 0 saturated heterocycles. The second-order valence-corrected chi connectivity index (χ2v) is 21.5. The maximum atomic E-state index is 13.2. The molecule has 0 bridgehead atoms. The third-order valence-electron chi connectivity index (χ3n) is 6.59. The summed E-state index contributed by atoms with van der Waals surface area (Å²) in [5, 5.41) is 0. The van der Waals surface area contributed by atoms with Crippen molar-refractivity contribution in [2.24, 2.45) is 11.8 Å². The summed E-state index contributed by atoms with van der Waals surface area (Å²) in [6.07, 6.45) is 1.75. The molecule has 38 heavy (non-hydrogen) atoms. The van der Waals surface area contributed by atoms with E-state index >= 15 is 0 Å². The van der Waals surface area contributed by atoms with E-state index in [1.165, 1.54) is 0 Å². The number of benzene rings is 2. The molecule has 0 aliphatic rings. The summed E-state index contributed by atoms with van der Waals surface area (Å²) in [7, 11) is -7.27. The zero-order valence-electron chi connectivity index (χ0n) is 23.8. The molecule has 0 fully saturated rings. The quantitative estimate of drug-likeness (QED) is 0.247. The van der Waals surface area contributed by atoms with E-state index in [2.05, 4.69) is 51.0 Å². The van der Waals surface area contributed by atoms with E-state index < -0.39 is 20.0 Å². The van der Waals surface area contributed by atoms with Crippen LogP contribution in [-0.2, 0) is 20.0 Å². The van der Waals surface area contributed by atoms with E-state index in [1.807, 2.05) is 38.1 Å². The van der Waals surface area contributed by atoms with Crippen molar-refractivity contribution in [1.82, 2.24) is 9.44 Å². The Labute approximate surface area is 242 Å². The van der Waals surface area contributed by atoms with Crippen molar-refractivity contribution >= 4 is 46.3 Å². The van der Waals surface area contributed by atoms with Crippen LogP contribution in [0.15, 0.2) is 58.3 Å². The average Bonchev–Trinajstić information content (AvgIpc) is 2.85. The number of rotatable bonds is 15. The first-order valence-electron chi connectivity index (χ1n) is 13.2. The zero-order valence-corrected chi connectivity index (χ0v) is 28.8. The third kappa shape index (κ3) is 9.45. The predicted octanol–water partition coefficient (Wildman–Crippen LogP) is 5.33. The van der Waals surface area contributed by atoms with Gasteiger partial charge in [-0.1, -0.05) is 0 Å². The van der Waals surface area contributed by atoms with Gasteiger partial charge >= 0.3 is 244 Å². The van der Waals surface area contributed by atoms with Crippen molar-refractivity contribution in [2.45, 2.75) is 99.7 Å². The van der Waals surface area contributed by atoms with Gasteiger partial charge in [0.25, 0.3) is 0 Å². The summed E-state index contributed by atoms with van der Waals surface area (Å²) in [6.45, 7) is 16.4. The van der Waals surface area contributed by atoms with Crippen molar-refractivity contribution in [3.05, 3.63) is 59.7 Å². The van der Waals surface area contributed by atoms with Crippen molar-refractivity contribution in [3.8, 4) is 0 Å². The minimum absolute atomic E-state index is 0.138. The van der Waals surface area contributed by atoms with Gasteiger partial charge in [0.15, 0.2) is 0 Å². The van der Waals surface area contributed by atoms with Crippen molar-refractivity contribution in [3.63, 3.8) is 0 Å². The first-order valence-corrected chi connectivity index (χ1v) is 22.5. The van der Waals surface area contributed by atoms with E-state index in [9.17, 15) is 16.8 Å². The summed E-state index contributed by atoms with van der Waals surface area (Å²) < 4.78 is 58.9. The summed E-state index contributed by atoms with van der Waals surface area (Å²) >= 11 is 0.352. The predicted molar refractivity (Wildman–Crippen MR) is 160 cm³/mol. The standard InChI is InChI=1S/C28H44N2O4S2Se2/c1-9-25(27(19(3)4)29-35(31,32)23-15-11-21(7)12-16-23)37-38-26(10-2)28(20(5)6)30-36(33,34)24-17-13-22(8)14-18-24/h11-20,25-30H,9-10H2,1-8H3/t25-,26-,27-,28-/m1/s1. The van der Waals surface area contributed by atoms with Gasteiger partial charge in [0.1, 0.15) is 0 Å². The van der Waals surface area contributed by atoms with Crippen LogP contribution in [0.3, 0.4) is 0 Å². The van der Waals surface area contributed by atoms with Crippen LogP contribution < -0.4 is 9.44 Å². The van der Waals surface area contributed by atoms with Gasteiger partial charge in [0, 0.05) is 0 Å². The first kappa shape index (κ1) is 33.5. The Bertz CT molecular complexity index is 1120. The summed E-state index contributed by atoms with van der Waals surface area (Å²) in [5.74, 6) is 0.276. The van der Waals surface area contributed by atoms with Gasteiger partial charge < -0.3 is 0 Å². The molecule has 2 N–H and O–H groups in total. The third-order valence-corrected chi connectivity index (χ3v) is 20.0. The Kier molecular flexibility index (Phi) is 13.0. The van der Waals surface area contributed by atoms with E-state index in [-0.39, 0.29) is 59.8 Å². The summed E-state index contributed by atoms with van der Waals surface area (Å²) in [4.78, 5) is 1.02. The van der Waals surface area contributed by atoms with Crippen molar-refractivity contribution < 1.29 is 16.8 Å². The zero-order chi connectivity index (χ0) is 28.7. The Hall–Kier alpha value is -0.701. The van der Waals surface area contributed by atoms with Gasteiger partial charge in [0.2, 0.25) is 0 Å². The molecular weight excluding hydrogens is 650 g/mol. The molecule has 0 aliphatic carbocycles. The van der Waals surface area contributed by atoms with Crippen LogP contribution in [-0.4, -0.2) is 55.2 Å². The Morgan fingerprint density at radius 2 is 0.895 bits per heavy atom. The second kappa shape index (κ2) is 14.8. The first-order chi connectivity index (χ1) is 17.7. The van der Waals surface area contributed by atoms with E-state index in [0.717, 1.165) is 24.0 Å². The molecule has 6 nitrogen and oxygen atoms in total. The second-order valence-electron chi connectivity index (χ2n) is 10.5. The maximum absolute atomic E-state index is 13.2. The molecular formula is C28H44N2O4S2Se2. The van der Waals surface area contributed by atoms with Crippen LogP contribution in [0.4, 0.5) is 0 Å². The molecule has 0 unspecified atom stereocenters. The SMILES string of the molecule is CC[C@@H]([Se][Se][C@H](CC)[C@H](NS(=O)(=O)c1ccc(C)cc1)C(C)C)[C@H](NS(=O)(=O)c1ccc(C)cc1)C(C)C. The topological polar surface area (TPSA) is 92.3 Å². The summed E-state index contributed by atoms with van der Waals surface area (Å²) in [6, 6.07) is 13.6. The molecule has 2 rings (SSSR count). The van der Waals surface area contributed by atoms with Crippen LogP contribution in [0.1, 0.15) is 65.5 Å². The van der Waals surface area contributed by atoms with E-state index in [0.29, 0.717) is 9.79 Å². The molecule has 0 heterocycles. The van der Waals surface area contributed by atoms with Gasteiger partial charge in [-0.25, -0.2) is 0 Å². The van der Waals surface area contributed by atoms with Crippen LogP contribution in [0.25, 0.3) is 0 Å². The molecule has 0 saturated carbocycles. The Morgan fingerprint density at radius 3 is 1.13 bits per heavy atom. The van der Waals surface area contributed by atoms with Crippen LogP contribution in [0.2, 0.25) is 9.63 Å². The monoisotopic (exact) mass is 696 g/mol. The summed E-state index contributed by atoms with van der Waals surface area (Å²) in [5.41, 5.74) is 2.04. The molecule has 0 radical (unpaired) electrons. The van der Waals surface area contributed by atoms with Gasteiger partial charge in [-0.05, 0) is 0 Å².